The van der Waals surface area contributed by atoms with Crippen molar-refractivity contribution in [3.8, 4) is 0 Å². The van der Waals surface area contributed by atoms with Gasteiger partial charge in [-0.05, 0) is 67.3 Å². The number of carbonyl (C=O) groups excluding carboxylic acids is 1. The number of benzene rings is 1. The van der Waals surface area contributed by atoms with Crippen LogP contribution in [0.5, 0.6) is 0 Å². The molecule has 2 aromatic rings. The highest BCUT2D eigenvalue weighted by molar-refractivity contribution is 5.94. The molecule has 1 aromatic heterocycles. The van der Waals surface area contributed by atoms with Crippen molar-refractivity contribution in [2.75, 3.05) is 31.1 Å². The van der Waals surface area contributed by atoms with Crippen LogP contribution in [0.2, 0.25) is 0 Å². The van der Waals surface area contributed by atoms with E-state index in [2.05, 4.69) is 38.3 Å². The Labute approximate surface area is 185 Å². The Morgan fingerprint density at radius 3 is 2.45 bits per heavy atom. The van der Waals surface area contributed by atoms with Gasteiger partial charge in [0.1, 0.15) is 5.82 Å². The number of halogens is 1. The van der Waals surface area contributed by atoms with E-state index in [-0.39, 0.29) is 12.0 Å². The maximum absolute atomic E-state index is 12.6. The molecular formula is C25H35FN4O. The van der Waals surface area contributed by atoms with Crippen molar-refractivity contribution in [2.45, 2.75) is 57.5 Å². The van der Waals surface area contributed by atoms with E-state index in [1.54, 1.807) is 6.20 Å². The summed E-state index contributed by atoms with van der Waals surface area (Å²) < 4.78 is 0. The largest absolute Gasteiger partial charge is 0.357 e. The van der Waals surface area contributed by atoms with E-state index in [4.69, 9.17) is 0 Å². The molecule has 1 aliphatic carbocycles. The third-order valence-electron chi connectivity index (χ3n) is 7.09. The number of pyridine rings is 1. The summed E-state index contributed by atoms with van der Waals surface area (Å²) in [6, 6.07) is 11.4. The van der Waals surface area contributed by atoms with Gasteiger partial charge >= 0.3 is 0 Å². The van der Waals surface area contributed by atoms with Crippen molar-refractivity contribution in [3.05, 3.63) is 58.8 Å². The molecule has 1 saturated carbocycles. The van der Waals surface area contributed by atoms with E-state index >= 15 is 0 Å². The van der Waals surface area contributed by atoms with Gasteiger partial charge in [-0.25, -0.2) is 4.98 Å². The monoisotopic (exact) mass is 426 g/mol. The second-order valence-electron chi connectivity index (χ2n) is 9.01. The Morgan fingerprint density at radius 2 is 1.77 bits per heavy atom. The average molecular weight is 427 g/mol. The van der Waals surface area contributed by atoms with Gasteiger partial charge in [0, 0.05) is 46.4 Å². The van der Waals surface area contributed by atoms with Gasteiger partial charge in [-0.2, -0.15) is 0 Å². The molecule has 2 fully saturated rings. The van der Waals surface area contributed by atoms with Crippen LogP contribution in [0.25, 0.3) is 0 Å². The normalized spacial score (nSPS) is 19.2. The summed E-state index contributed by atoms with van der Waals surface area (Å²) in [5.41, 5.74) is 4.75. The number of hydrogen-bond donors (Lipinski definition) is 1. The standard InChI is InChI=1S/C25H32N4O.FH.H2/c30-25(22-8-9-24(26-18-22)29-12-1-2-13-29)27-17-19-6-7-20-10-14-28(23-4-3-5-23)15-11-21(20)16-19;;/h6-9,16,18,23H,1-5,10-15,17H2,(H,27,30);2*1H. The zero-order chi connectivity index (χ0) is 20.3. The third kappa shape index (κ3) is 4.90. The number of nitrogens with zero attached hydrogens (tertiary/aromatic N) is 3. The first-order valence-corrected chi connectivity index (χ1v) is 11.6. The van der Waals surface area contributed by atoms with Gasteiger partial charge in [-0.15, -0.1) is 0 Å². The first kappa shape index (κ1) is 21.8. The summed E-state index contributed by atoms with van der Waals surface area (Å²) in [5.74, 6) is 0.923. The van der Waals surface area contributed by atoms with E-state index in [1.807, 2.05) is 12.1 Å². The second-order valence-corrected chi connectivity index (χ2v) is 9.01. The van der Waals surface area contributed by atoms with Crippen LogP contribution in [-0.4, -0.2) is 48.0 Å². The number of anilines is 1. The molecule has 1 aromatic carbocycles. The first-order valence-electron chi connectivity index (χ1n) is 11.6. The van der Waals surface area contributed by atoms with Crippen LogP contribution in [0.3, 0.4) is 0 Å². The van der Waals surface area contributed by atoms with Crippen molar-refractivity contribution in [1.29, 1.82) is 0 Å². The summed E-state index contributed by atoms with van der Waals surface area (Å²) in [6.45, 7) is 5.05. The molecule has 0 bridgehead atoms. The quantitative estimate of drug-likeness (QED) is 0.786. The van der Waals surface area contributed by atoms with E-state index in [1.165, 1.54) is 61.9 Å². The molecule has 3 heterocycles. The average Bonchev–Trinajstić information content (AvgIpc) is 3.20. The first-order chi connectivity index (χ1) is 14.8. The Balaban J connectivity index is 0.00000144. The second kappa shape index (κ2) is 9.77. The van der Waals surface area contributed by atoms with Crippen LogP contribution in [0.4, 0.5) is 10.5 Å². The fourth-order valence-electron chi connectivity index (χ4n) is 4.96. The highest BCUT2D eigenvalue weighted by atomic mass is 19.0. The van der Waals surface area contributed by atoms with Crippen LogP contribution in [0, 0.1) is 0 Å². The van der Waals surface area contributed by atoms with E-state index in [0.29, 0.717) is 12.1 Å². The minimum atomic E-state index is -0.0541. The number of carbonyl (C=O) groups is 1. The van der Waals surface area contributed by atoms with Crippen LogP contribution in [0.1, 0.15) is 60.6 Å². The molecule has 0 atom stereocenters. The molecule has 0 unspecified atom stereocenters. The molecule has 0 spiro atoms. The molecular weight excluding hydrogens is 391 g/mol. The number of rotatable bonds is 5. The molecule has 31 heavy (non-hydrogen) atoms. The Kier molecular flexibility index (Phi) is 6.86. The zero-order valence-corrected chi connectivity index (χ0v) is 18.2. The Bertz CT molecular complexity index is 897. The summed E-state index contributed by atoms with van der Waals surface area (Å²) in [7, 11) is 0. The summed E-state index contributed by atoms with van der Waals surface area (Å²) in [5, 5.41) is 3.07. The van der Waals surface area contributed by atoms with Gasteiger partial charge < -0.3 is 10.2 Å². The van der Waals surface area contributed by atoms with Gasteiger partial charge in [-0.3, -0.25) is 14.4 Å². The fraction of sp³-hybridized carbons (Fsp3) is 0.520. The van der Waals surface area contributed by atoms with Crippen molar-refractivity contribution >= 4 is 11.7 Å². The molecule has 1 saturated heterocycles. The number of aromatic nitrogens is 1. The molecule has 6 heteroatoms. The molecule has 5 rings (SSSR count). The SMILES string of the molecule is F.O=C(NCc1ccc2c(c1)CCN(C1CCC1)CC2)c1ccc(N2CCCC2)nc1.[HH]. The number of nitrogens with one attached hydrogen (secondary N) is 1. The van der Waals surface area contributed by atoms with Crippen molar-refractivity contribution < 1.29 is 10.9 Å². The molecule has 3 aliphatic rings. The van der Waals surface area contributed by atoms with E-state index in [0.717, 1.165) is 37.8 Å². The molecule has 5 nitrogen and oxygen atoms in total. The Hall–Kier alpha value is -2.47. The van der Waals surface area contributed by atoms with E-state index in [9.17, 15) is 4.79 Å². The van der Waals surface area contributed by atoms with Crippen molar-refractivity contribution in [2.24, 2.45) is 0 Å². The van der Waals surface area contributed by atoms with Gasteiger partial charge in [-0.1, -0.05) is 24.6 Å². The summed E-state index contributed by atoms with van der Waals surface area (Å²) in [6.07, 6.45) is 10.6. The molecule has 2 aliphatic heterocycles. The lowest BCUT2D eigenvalue weighted by molar-refractivity contribution is 0.0950. The lowest BCUT2D eigenvalue weighted by atomic mass is 9.91. The van der Waals surface area contributed by atoms with Crippen LogP contribution >= 0.6 is 0 Å². The van der Waals surface area contributed by atoms with E-state index < -0.39 is 0 Å². The van der Waals surface area contributed by atoms with Crippen LogP contribution in [0.15, 0.2) is 36.5 Å². The van der Waals surface area contributed by atoms with Crippen molar-refractivity contribution in [3.63, 3.8) is 0 Å². The maximum Gasteiger partial charge on any atom is 0.253 e. The number of hydrogen-bond acceptors (Lipinski definition) is 4. The van der Waals surface area contributed by atoms with Crippen LogP contribution in [-0.2, 0) is 19.4 Å². The molecule has 1 amide bonds. The predicted octanol–water partition coefficient (Wildman–Crippen LogP) is 3.96. The summed E-state index contributed by atoms with van der Waals surface area (Å²) >= 11 is 0. The highest BCUT2D eigenvalue weighted by Crippen LogP contribution is 2.27. The number of fused-ring (bicyclic) bond motifs is 1. The maximum atomic E-state index is 12.6. The van der Waals surface area contributed by atoms with Gasteiger partial charge in [0.25, 0.3) is 5.91 Å². The van der Waals surface area contributed by atoms with Gasteiger partial charge in [0.2, 0.25) is 0 Å². The lowest BCUT2D eigenvalue weighted by Gasteiger charge is -2.36. The number of amides is 1. The predicted molar refractivity (Wildman–Crippen MR) is 125 cm³/mol. The molecule has 168 valence electrons. The molecule has 1 N–H and O–H groups in total. The van der Waals surface area contributed by atoms with Gasteiger partial charge in [0.05, 0.1) is 5.56 Å². The fourth-order valence-corrected chi connectivity index (χ4v) is 4.96. The smallest absolute Gasteiger partial charge is 0.253 e. The molecule has 0 radical (unpaired) electrons. The topological polar surface area (TPSA) is 48.5 Å². The summed E-state index contributed by atoms with van der Waals surface area (Å²) in [4.78, 5) is 22.0. The van der Waals surface area contributed by atoms with Crippen molar-refractivity contribution in [1.82, 2.24) is 15.2 Å². The third-order valence-corrected chi connectivity index (χ3v) is 7.09. The van der Waals surface area contributed by atoms with Gasteiger partial charge in [0.15, 0.2) is 0 Å². The minimum Gasteiger partial charge on any atom is -0.357 e. The lowest BCUT2D eigenvalue weighted by Crippen LogP contribution is -2.41. The zero-order valence-electron chi connectivity index (χ0n) is 18.2. The van der Waals surface area contributed by atoms with Crippen LogP contribution < -0.4 is 10.2 Å². The minimum absolute atomic E-state index is 0. The Morgan fingerprint density at radius 1 is 1.00 bits per heavy atom. The highest BCUT2D eigenvalue weighted by Gasteiger charge is 2.26.